The van der Waals surface area contributed by atoms with E-state index >= 15 is 0 Å². The second-order valence-corrected chi connectivity index (χ2v) is 2.63. The molecule has 0 aromatic carbocycles. The van der Waals surface area contributed by atoms with E-state index in [4.69, 9.17) is 13.0 Å². The van der Waals surface area contributed by atoms with Crippen molar-refractivity contribution in [3.05, 3.63) is 0 Å². The lowest BCUT2D eigenvalue weighted by atomic mass is 9.98. The van der Waals surface area contributed by atoms with Gasteiger partial charge in [-0.2, -0.15) is 0 Å². The molecule has 0 saturated carbocycles. The minimum Gasteiger partial charge on any atom is -0.396 e. The molecule has 2 heteroatoms. The molecule has 0 amide bonds. The molecule has 0 fully saturated rings. The Morgan fingerprint density at radius 1 is 0.800 bits per heavy atom. The summed E-state index contributed by atoms with van der Waals surface area (Å²) in [6, 6.07) is 0. The van der Waals surface area contributed by atoms with Crippen LogP contribution in [0, 0.1) is 0 Å². The third-order valence-corrected chi connectivity index (χ3v) is 1.61. The van der Waals surface area contributed by atoms with Crippen LogP contribution in [0.15, 0.2) is 0 Å². The molecule has 1 nitrogen and oxygen atoms in total. The van der Waals surface area contributed by atoms with E-state index in [1.54, 1.807) is 0 Å². The van der Waals surface area contributed by atoms with Gasteiger partial charge in [0.05, 0.1) is 7.85 Å². The molecule has 0 heterocycles. The molecule has 0 spiro atoms. The van der Waals surface area contributed by atoms with Crippen molar-refractivity contribution in [3.63, 3.8) is 0 Å². The maximum Gasteiger partial charge on any atom is 0.0653 e. The Bertz CT molecular complexity index is 49.2. The lowest BCUT2D eigenvalue weighted by molar-refractivity contribution is 0.282. The molecule has 0 unspecified atom stereocenters. The first kappa shape index (κ1) is 10.0. The van der Waals surface area contributed by atoms with E-state index in [1.807, 2.05) is 0 Å². The Morgan fingerprint density at radius 3 is 1.80 bits per heavy atom. The molecular weight excluding hydrogens is 123 g/mol. The van der Waals surface area contributed by atoms with Crippen LogP contribution in [0.2, 0.25) is 6.32 Å². The summed E-state index contributed by atoms with van der Waals surface area (Å²) in [5.74, 6) is 0. The minimum absolute atomic E-state index is 0.344. The summed E-state index contributed by atoms with van der Waals surface area (Å²) >= 11 is 0. The molecule has 58 valence electrons. The standard InChI is InChI=1S/C8H17BO/c9-7-5-3-1-2-4-6-8-10/h10H,1-8H2. The van der Waals surface area contributed by atoms with Gasteiger partial charge in [-0.05, 0) is 6.42 Å². The van der Waals surface area contributed by atoms with Crippen molar-refractivity contribution in [2.75, 3.05) is 6.61 Å². The van der Waals surface area contributed by atoms with Crippen molar-refractivity contribution < 1.29 is 5.11 Å². The maximum atomic E-state index is 8.45. The highest BCUT2D eigenvalue weighted by Crippen LogP contribution is 2.05. The van der Waals surface area contributed by atoms with Crippen molar-refractivity contribution in [2.24, 2.45) is 0 Å². The average Bonchev–Trinajstić information content (AvgIpc) is 1.97. The van der Waals surface area contributed by atoms with Gasteiger partial charge in [0.15, 0.2) is 0 Å². The van der Waals surface area contributed by atoms with Crippen LogP contribution >= 0.6 is 0 Å². The van der Waals surface area contributed by atoms with Crippen LogP contribution in [0.3, 0.4) is 0 Å². The van der Waals surface area contributed by atoms with Gasteiger partial charge in [0, 0.05) is 6.61 Å². The molecule has 0 aliphatic heterocycles. The largest absolute Gasteiger partial charge is 0.396 e. The summed E-state index contributed by atoms with van der Waals surface area (Å²) in [5.41, 5.74) is 0. The normalized spacial score (nSPS) is 10.1. The van der Waals surface area contributed by atoms with E-state index in [-0.39, 0.29) is 0 Å². The zero-order valence-electron chi connectivity index (χ0n) is 6.68. The fourth-order valence-corrected chi connectivity index (χ4v) is 0.963. The van der Waals surface area contributed by atoms with Crippen LogP contribution in [0.25, 0.3) is 0 Å². The quantitative estimate of drug-likeness (QED) is 0.423. The topological polar surface area (TPSA) is 20.2 Å². The molecule has 0 aromatic heterocycles. The zero-order chi connectivity index (χ0) is 7.66. The van der Waals surface area contributed by atoms with Gasteiger partial charge in [-0.25, -0.2) is 0 Å². The minimum atomic E-state index is 0.344. The van der Waals surface area contributed by atoms with Crippen LogP contribution in [-0.2, 0) is 0 Å². The van der Waals surface area contributed by atoms with E-state index in [9.17, 15) is 0 Å². The summed E-state index contributed by atoms with van der Waals surface area (Å²) in [6.45, 7) is 0.344. The highest BCUT2D eigenvalue weighted by molar-refractivity contribution is 6.08. The zero-order valence-corrected chi connectivity index (χ0v) is 6.68. The monoisotopic (exact) mass is 140 g/mol. The van der Waals surface area contributed by atoms with Gasteiger partial charge in [0.25, 0.3) is 0 Å². The first-order chi connectivity index (χ1) is 4.91. The first-order valence-corrected chi connectivity index (χ1v) is 4.22. The van der Waals surface area contributed by atoms with Gasteiger partial charge < -0.3 is 5.11 Å². The van der Waals surface area contributed by atoms with Gasteiger partial charge in [0.2, 0.25) is 0 Å². The second kappa shape index (κ2) is 9.02. The van der Waals surface area contributed by atoms with E-state index < -0.39 is 0 Å². The van der Waals surface area contributed by atoms with E-state index in [0.29, 0.717) is 6.61 Å². The molecule has 1 N–H and O–H groups in total. The van der Waals surface area contributed by atoms with Gasteiger partial charge in [-0.3, -0.25) is 0 Å². The molecule has 0 atom stereocenters. The Morgan fingerprint density at radius 2 is 1.30 bits per heavy atom. The lowest BCUT2D eigenvalue weighted by Crippen LogP contribution is -1.83. The summed E-state index contributed by atoms with van der Waals surface area (Å²) in [7, 11) is 5.33. The fourth-order valence-electron chi connectivity index (χ4n) is 0.963. The van der Waals surface area contributed by atoms with Crippen LogP contribution in [-0.4, -0.2) is 19.6 Å². The van der Waals surface area contributed by atoms with Gasteiger partial charge in [0.1, 0.15) is 0 Å². The van der Waals surface area contributed by atoms with Crippen LogP contribution in [0.5, 0.6) is 0 Å². The molecule has 0 aromatic rings. The number of hydrogen-bond acceptors (Lipinski definition) is 1. The molecule has 0 bridgehead atoms. The van der Waals surface area contributed by atoms with Crippen LogP contribution < -0.4 is 0 Å². The fraction of sp³-hybridized carbons (Fsp3) is 1.00. The van der Waals surface area contributed by atoms with Crippen molar-refractivity contribution in [1.82, 2.24) is 0 Å². The van der Waals surface area contributed by atoms with Crippen molar-refractivity contribution in [3.8, 4) is 0 Å². The average molecular weight is 140 g/mol. The maximum absolute atomic E-state index is 8.45. The van der Waals surface area contributed by atoms with Crippen LogP contribution in [0.1, 0.15) is 38.5 Å². The molecular formula is C8H17BO. The van der Waals surface area contributed by atoms with E-state index in [2.05, 4.69) is 0 Å². The van der Waals surface area contributed by atoms with E-state index in [1.165, 1.54) is 25.7 Å². The summed E-state index contributed by atoms with van der Waals surface area (Å²) in [5, 5.41) is 8.45. The summed E-state index contributed by atoms with van der Waals surface area (Å²) in [4.78, 5) is 0. The Balaban J connectivity index is 2.65. The SMILES string of the molecule is [B]CCCCCCCCO. The van der Waals surface area contributed by atoms with Gasteiger partial charge >= 0.3 is 0 Å². The molecule has 0 saturated heterocycles. The lowest BCUT2D eigenvalue weighted by Gasteiger charge is -1.97. The molecule has 0 aliphatic rings. The molecule has 0 aliphatic carbocycles. The second-order valence-electron chi connectivity index (χ2n) is 2.63. The van der Waals surface area contributed by atoms with Crippen molar-refractivity contribution in [1.29, 1.82) is 0 Å². The van der Waals surface area contributed by atoms with Crippen molar-refractivity contribution >= 4 is 7.85 Å². The number of rotatable bonds is 7. The van der Waals surface area contributed by atoms with E-state index in [0.717, 1.165) is 19.2 Å². The molecule has 2 radical (unpaired) electrons. The Hall–Kier alpha value is 0.0249. The predicted molar refractivity (Wildman–Crippen MR) is 45.3 cm³/mol. The Kier molecular flexibility index (Phi) is 9.05. The highest BCUT2D eigenvalue weighted by atomic mass is 16.2. The summed E-state index contributed by atoms with van der Waals surface area (Å²) in [6.07, 6.45) is 7.88. The number of aliphatic hydroxyl groups excluding tert-OH is 1. The number of unbranched alkanes of at least 4 members (excludes halogenated alkanes) is 5. The molecule has 0 rings (SSSR count). The van der Waals surface area contributed by atoms with Crippen molar-refractivity contribution in [2.45, 2.75) is 44.8 Å². The highest BCUT2D eigenvalue weighted by Gasteiger charge is 1.87. The van der Waals surface area contributed by atoms with Gasteiger partial charge in [-0.15, -0.1) is 0 Å². The number of aliphatic hydroxyl groups is 1. The smallest absolute Gasteiger partial charge is 0.0653 e. The predicted octanol–water partition coefficient (Wildman–Crippen LogP) is 1.91. The first-order valence-electron chi connectivity index (χ1n) is 4.22. The van der Waals surface area contributed by atoms with Gasteiger partial charge in [-0.1, -0.05) is 38.4 Å². The summed E-state index contributed by atoms with van der Waals surface area (Å²) < 4.78 is 0. The molecule has 10 heavy (non-hydrogen) atoms. The number of hydrogen-bond donors (Lipinski definition) is 1. The third kappa shape index (κ3) is 8.02. The third-order valence-electron chi connectivity index (χ3n) is 1.61. The Labute approximate surface area is 65.2 Å². The van der Waals surface area contributed by atoms with Crippen LogP contribution in [0.4, 0.5) is 0 Å².